The van der Waals surface area contributed by atoms with E-state index in [1.165, 1.54) is 6.07 Å². The Balaban J connectivity index is 1.71. The predicted octanol–water partition coefficient (Wildman–Crippen LogP) is 7.00. The SMILES string of the molecule is O=C(O)c1cccc2c1ccn2Cc1cc(Cl)ccc1C=Cc1ccc(Cl)cc1F. The molecule has 6 heteroatoms. The van der Waals surface area contributed by atoms with E-state index in [-0.39, 0.29) is 5.56 Å². The van der Waals surface area contributed by atoms with E-state index in [9.17, 15) is 14.3 Å². The first-order valence-electron chi connectivity index (χ1n) is 9.15. The lowest BCUT2D eigenvalue weighted by Crippen LogP contribution is -2.01. The third-order valence-corrected chi connectivity index (χ3v) is 5.36. The van der Waals surface area contributed by atoms with Crippen LogP contribution < -0.4 is 0 Å². The van der Waals surface area contributed by atoms with Crippen LogP contribution in [0.15, 0.2) is 66.9 Å². The van der Waals surface area contributed by atoms with Gasteiger partial charge in [-0.3, -0.25) is 0 Å². The highest BCUT2D eigenvalue weighted by Gasteiger charge is 2.12. The van der Waals surface area contributed by atoms with Crippen molar-refractivity contribution in [2.75, 3.05) is 0 Å². The summed E-state index contributed by atoms with van der Waals surface area (Å²) in [4.78, 5) is 11.5. The van der Waals surface area contributed by atoms with Crippen LogP contribution in [0.5, 0.6) is 0 Å². The van der Waals surface area contributed by atoms with Crippen LogP contribution in [0.4, 0.5) is 4.39 Å². The van der Waals surface area contributed by atoms with Crippen molar-refractivity contribution < 1.29 is 14.3 Å². The summed E-state index contributed by atoms with van der Waals surface area (Å²) < 4.78 is 16.1. The fourth-order valence-corrected chi connectivity index (χ4v) is 3.77. The van der Waals surface area contributed by atoms with Gasteiger partial charge in [0, 0.05) is 39.3 Å². The van der Waals surface area contributed by atoms with Crippen molar-refractivity contribution in [2.45, 2.75) is 6.54 Å². The van der Waals surface area contributed by atoms with Crippen LogP contribution in [0.2, 0.25) is 10.0 Å². The van der Waals surface area contributed by atoms with E-state index in [2.05, 4.69) is 0 Å². The molecule has 30 heavy (non-hydrogen) atoms. The van der Waals surface area contributed by atoms with Crippen LogP contribution in [0.1, 0.15) is 27.0 Å². The molecule has 3 nitrogen and oxygen atoms in total. The fourth-order valence-electron chi connectivity index (χ4n) is 3.42. The number of rotatable bonds is 5. The summed E-state index contributed by atoms with van der Waals surface area (Å²) in [5.74, 6) is -1.36. The molecule has 0 saturated heterocycles. The first-order chi connectivity index (χ1) is 14.4. The maximum atomic E-state index is 14.1. The van der Waals surface area contributed by atoms with E-state index in [0.717, 1.165) is 16.6 Å². The largest absolute Gasteiger partial charge is 0.478 e. The van der Waals surface area contributed by atoms with Crippen LogP contribution >= 0.6 is 23.2 Å². The number of benzene rings is 3. The van der Waals surface area contributed by atoms with Crippen molar-refractivity contribution in [2.24, 2.45) is 0 Å². The van der Waals surface area contributed by atoms with Gasteiger partial charge < -0.3 is 9.67 Å². The molecule has 0 aliphatic rings. The second-order valence-electron chi connectivity index (χ2n) is 6.83. The molecule has 0 fully saturated rings. The smallest absolute Gasteiger partial charge is 0.336 e. The average molecular weight is 440 g/mol. The molecule has 150 valence electrons. The molecular weight excluding hydrogens is 424 g/mol. The zero-order valence-electron chi connectivity index (χ0n) is 15.6. The fraction of sp³-hybridized carbons (Fsp3) is 0.0417. The quantitative estimate of drug-likeness (QED) is 0.340. The monoisotopic (exact) mass is 439 g/mol. The Morgan fingerprint density at radius 1 is 0.967 bits per heavy atom. The highest BCUT2D eigenvalue weighted by atomic mass is 35.5. The molecule has 0 radical (unpaired) electrons. The number of carbonyl (C=O) groups is 1. The van der Waals surface area contributed by atoms with E-state index in [4.69, 9.17) is 23.2 Å². The molecule has 0 unspecified atom stereocenters. The van der Waals surface area contributed by atoms with E-state index in [1.54, 1.807) is 42.5 Å². The average Bonchev–Trinajstić information content (AvgIpc) is 3.11. The third-order valence-electron chi connectivity index (χ3n) is 4.89. The predicted molar refractivity (Wildman–Crippen MR) is 120 cm³/mol. The second kappa shape index (κ2) is 8.34. The van der Waals surface area contributed by atoms with Crippen LogP contribution in [0.3, 0.4) is 0 Å². The molecule has 3 aromatic carbocycles. The molecule has 0 saturated carbocycles. The highest BCUT2D eigenvalue weighted by Crippen LogP contribution is 2.25. The van der Waals surface area contributed by atoms with Crippen LogP contribution in [0, 0.1) is 5.82 Å². The minimum Gasteiger partial charge on any atom is -0.478 e. The number of carboxylic acids is 1. The summed E-state index contributed by atoms with van der Waals surface area (Å²) in [5.41, 5.74) is 3.30. The second-order valence-corrected chi connectivity index (χ2v) is 7.70. The van der Waals surface area contributed by atoms with E-state index >= 15 is 0 Å². The number of hydrogen-bond donors (Lipinski definition) is 1. The number of nitrogens with zero attached hydrogens (tertiary/aromatic N) is 1. The molecule has 0 aliphatic carbocycles. The minimum atomic E-state index is -0.963. The Kier molecular flexibility index (Phi) is 5.62. The van der Waals surface area contributed by atoms with Gasteiger partial charge in [-0.2, -0.15) is 0 Å². The topological polar surface area (TPSA) is 42.2 Å². The zero-order chi connectivity index (χ0) is 21.3. The summed E-state index contributed by atoms with van der Waals surface area (Å²) in [6.07, 6.45) is 5.37. The van der Waals surface area contributed by atoms with Gasteiger partial charge in [-0.05, 0) is 53.6 Å². The Morgan fingerprint density at radius 2 is 1.67 bits per heavy atom. The molecular formula is C24H16Cl2FNO2. The Bertz CT molecular complexity index is 1290. The maximum absolute atomic E-state index is 14.1. The number of aromatic nitrogens is 1. The van der Waals surface area contributed by atoms with Crippen LogP contribution in [0.25, 0.3) is 23.1 Å². The number of aromatic carboxylic acids is 1. The van der Waals surface area contributed by atoms with Gasteiger partial charge in [0.1, 0.15) is 5.82 Å². The lowest BCUT2D eigenvalue weighted by Gasteiger charge is -2.10. The van der Waals surface area contributed by atoms with Crippen molar-refractivity contribution in [3.05, 3.63) is 105 Å². The molecule has 1 aromatic heterocycles. The van der Waals surface area contributed by atoms with E-state index < -0.39 is 11.8 Å². The molecule has 0 bridgehead atoms. The van der Waals surface area contributed by atoms with Crippen LogP contribution in [-0.2, 0) is 6.54 Å². The third kappa shape index (κ3) is 4.11. The van der Waals surface area contributed by atoms with Crippen molar-refractivity contribution >= 4 is 52.2 Å². The molecule has 4 aromatic rings. The normalized spacial score (nSPS) is 11.4. The van der Waals surface area contributed by atoms with Crippen molar-refractivity contribution in [3.8, 4) is 0 Å². The van der Waals surface area contributed by atoms with Crippen molar-refractivity contribution in [1.29, 1.82) is 0 Å². The number of fused-ring (bicyclic) bond motifs is 1. The molecule has 1 heterocycles. The summed E-state index contributed by atoms with van der Waals surface area (Å²) in [7, 11) is 0. The number of hydrogen-bond acceptors (Lipinski definition) is 1. The Hall–Kier alpha value is -3.08. The van der Waals surface area contributed by atoms with Gasteiger partial charge in [0.2, 0.25) is 0 Å². The van der Waals surface area contributed by atoms with Crippen LogP contribution in [-0.4, -0.2) is 15.6 Å². The lowest BCUT2D eigenvalue weighted by atomic mass is 10.1. The summed E-state index contributed by atoms with van der Waals surface area (Å²) in [5, 5.41) is 11.0. The highest BCUT2D eigenvalue weighted by molar-refractivity contribution is 6.31. The standard InChI is InChI=1S/C24H16Cl2FNO2/c25-18-8-6-15(4-5-16-7-9-19(26)13-22(16)27)17(12-18)14-28-11-10-20-21(24(29)30)2-1-3-23(20)28/h1-13H,14H2,(H,29,30). The molecule has 1 N–H and O–H groups in total. The van der Waals surface area contributed by atoms with Gasteiger partial charge >= 0.3 is 5.97 Å². The molecule has 0 spiro atoms. The van der Waals surface area contributed by atoms with Gasteiger partial charge in [-0.15, -0.1) is 0 Å². The molecule has 0 atom stereocenters. The number of carboxylic acid groups (broad SMARTS) is 1. The molecule has 0 aliphatic heterocycles. The number of halogens is 3. The zero-order valence-corrected chi connectivity index (χ0v) is 17.2. The molecule has 0 amide bonds. The molecule has 4 rings (SSSR count). The summed E-state index contributed by atoms with van der Waals surface area (Å²) in [6, 6.07) is 17.0. The maximum Gasteiger partial charge on any atom is 0.336 e. The first kappa shape index (κ1) is 20.2. The van der Waals surface area contributed by atoms with Gasteiger partial charge in [0.05, 0.1) is 5.56 Å². The van der Waals surface area contributed by atoms with Crippen molar-refractivity contribution in [1.82, 2.24) is 4.57 Å². The van der Waals surface area contributed by atoms with Crippen molar-refractivity contribution in [3.63, 3.8) is 0 Å². The summed E-state index contributed by atoms with van der Waals surface area (Å²) in [6.45, 7) is 0.482. The van der Waals surface area contributed by atoms with E-state index in [0.29, 0.717) is 27.5 Å². The first-order valence-corrected chi connectivity index (χ1v) is 9.90. The lowest BCUT2D eigenvalue weighted by molar-refractivity contribution is 0.0699. The minimum absolute atomic E-state index is 0.260. The van der Waals surface area contributed by atoms with Gasteiger partial charge in [-0.1, -0.05) is 53.6 Å². The van der Waals surface area contributed by atoms with Gasteiger partial charge in [0.25, 0.3) is 0 Å². The summed E-state index contributed by atoms with van der Waals surface area (Å²) >= 11 is 12.0. The Morgan fingerprint density at radius 3 is 2.40 bits per heavy atom. The Labute approximate surface area is 182 Å². The van der Waals surface area contributed by atoms with Gasteiger partial charge in [-0.25, -0.2) is 9.18 Å². The van der Waals surface area contributed by atoms with E-state index in [1.807, 2.05) is 35.0 Å². The van der Waals surface area contributed by atoms with Gasteiger partial charge in [0.15, 0.2) is 0 Å².